The lowest BCUT2D eigenvalue weighted by Gasteiger charge is -2.34. The van der Waals surface area contributed by atoms with Crippen LogP contribution in [0.5, 0.6) is 0 Å². The maximum absolute atomic E-state index is 12.7. The van der Waals surface area contributed by atoms with Crippen LogP contribution in [0.1, 0.15) is 77.0 Å². The molecule has 0 radical (unpaired) electrons. The Balaban J connectivity index is 2.12. The van der Waals surface area contributed by atoms with Gasteiger partial charge in [-0.15, -0.1) is 4.72 Å². The summed E-state index contributed by atoms with van der Waals surface area (Å²) in [6, 6.07) is 8.40. The Labute approximate surface area is 162 Å². The lowest BCUT2D eigenvalue weighted by molar-refractivity contribution is 0.292. The first-order chi connectivity index (χ1) is 12.3. The Morgan fingerprint density at radius 1 is 1.23 bits per heavy atom. The molecule has 1 unspecified atom stereocenters. The maximum Gasteiger partial charge on any atom is 0.191 e. The van der Waals surface area contributed by atoms with Crippen molar-refractivity contribution < 1.29 is 13.6 Å². The van der Waals surface area contributed by atoms with Gasteiger partial charge in [0.2, 0.25) is 0 Å². The van der Waals surface area contributed by atoms with E-state index < -0.39 is 19.4 Å². The summed E-state index contributed by atoms with van der Waals surface area (Å²) in [5.41, 5.74) is 2.21. The van der Waals surface area contributed by atoms with E-state index in [0.717, 1.165) is 5.56 Å². The van der Waals surface area contributed by atoms with Crippen LogP contribution in [0.25, 0.3) is 0 Å². The summed E-state index contributed by atoms with van der Waals surface area (Å²) in [5, 5.41) is 0. The number of rotatable bonds is 8. The van der Waals surface area contributed by atoms with Crippen LogP contribution in [0, 0.1) is 5.92 Å². The van der Waals surface area contributed by atoms with E-state index in [4.69, 9.17) is 4.52 Å². The van der Waals surface area contributed by atoms with Crippen LogP contribution in [0.4, 0.5) is 0 Å². The van der Waals surface area contributed by atoms with Crippen molar-refractivity contribution in [3.63, 3.8) is 0 Å². The highest BCUT2D eigenvalue weighted by Gasteiger charge is 2.34. The van der Waals surface area contributed by atoms with Crippen molar-refractivity contribution in [2.45, 2.75) is 77.2 Å². The Morgan fingerprint density at radius 3 is 2.38 bits per heavy atom. The molecule has 1 aromatic rings. The molecule has 1 saturated carbocycles. The van der Waals surface area contributed by atoms with Crippen molar-refractivity contribution in [2.75, 3.05) is 6.16 Å². The number of hydrogen-bond donors (Lipinski definition) is 1. The molecule has 6 heteroatoms. The van der Waals surface area contributed by atoms with E-state index in [-0.39, 0.29) is 10.8 Å². The predicted molar refractivity (Wildman–Crippen MR) is 111 cm³/mol. The molecule has 0 aromatic heterocycles. The topological polar surface area (TPSA) is 61.4 Å². The molecule has 1 aliphatic carbocycles. The van der Waals surface area contributed by atoms with Crippen molar-refractivity contribution in [3.05, 3.63) is 35.4 Å². The molecular weight excluding hydrogens is 365 g/mol. The molecule has 148 valence electrons. The van der Waals surface area contributed by atoms with Crippen LogP contribution < -0.4 is 4.72 Å². The maximum atomic E-state index is 12.7. The Hall–Kier alpha value is -0.320. The molecule has 2 rings (SSSR count). The van der Waals surface area contributed by atoms with Gasteiger partial charge in [-0.2, -0.15) is 0 Å². The quantitative estimate of drug-likeness (QED) is 0.471. The molecule has 0 amide bonds. The molecule has 3 atom stereocenters. The first-order valence-electron chi connectivity index (χ1n) is 9.73. The second-order valence-corrected chi connectivity index (χ2v) is 11.9. The zero-order valence-corrected chi connectivity index (χ0v) is 18.4. The van der Waals surface area contributed by atoms with Crippen molar-refractivity contribution in [1.29, 1.82) is 0 Å². The normalized spacial score (nSPS) is 19.9. The Morgan fingerprint density at radius 2 is 1.85 bits per heavy atom. The summed E-state index contributed by atoms with van der Waals surface area (Å²) < 4.78 is 32.7. The largest absolute Gasteiger partial charge is 0.598 e. The van der Waals surface area contributed by atoms with Gasteiger partial charge in [0.1, 0.15) is 4.75 Å². The van der Waals surface area contributed by atoms with E-state index in [1.807, 2.05) is 39.8 Å². The fourth-order valence-corrected chi connectivity index (χ4v) is 4.73. The van der Waals surface area contributed by atoms with Crippen LogP contribution in [-0.4, -0.2) is 15.5 Å². The van der Waals surface area contributed by atoms with Gasteiger partial charge in [0.25, 0.3) is 0 Å². The number of hydrogen-bond acceptors (Lipinski definition) is 4. The van der Waals surface area contributed by atoms with Crippen LogP contribution in [0.15, 0.2) is 24.3 Å². The molecule has 4 nitrogen and oxygen atoms in total. The van der Waals surface area contributed by atoms with Crippen molar-refractivity contribution in [3.8, 4) is 0 Å². The SMILES string of the molecule is CC[PH](=O)OCc1ccc([C@@H](N[S@@+]([O-])C(C)(C)C)C2CCCCC2)cc1. The molecule has 0 saturated heterocycles. The van der Waals surface area contributed by atoms with Crippen LogP contribution in [-0.2, 0) is 27.1 Å². The Bertz CT molecular complexity index is 567. The molecule has 26 heavy (non-hydrogen) atoms. The average molecular weight is 400 g/mol. The molecule has 1 aromatic carbocycles. The summed E-state index contributed by atoms with van der Waals surface area (Å²) in [7, 11) is -1.90. The van der Waals surface area contributed by atoms with Gasteiger partial charge in [-0.3, -0.25) is 4.57 Å². The minimum Gasteiger partial charge on any atom is -0.598 e. The van der Waals surface area contributed by atoms with Crippen LogP contribution in [0.3, 0.4) is 0 Å². The first kappa shape index (κ1) is 22.0. The third-order valence-corrected chi connectivity index (χ3v) is 7.56. The van der Waals surface area contributed by atoms with E-state index in [0.29, 0.717) is 18.7 Å². The molecule has 0 heterocycles. The molecule has 1 N–H and O–H groups in total. The average Bonchev–Trinajstić information content (AvgIpc) is 2.64. The lowest BCUT2D eigenvalue weighted by Crippen LogP contribution is -2.43. The van der Waals surface area contributed by atoms with E-state index in [9.17, 15) is 9.12 Å². The number of nitrogens with one attached hydrogen (secondary N) is 1. The van der Waals surface area contributed by atoms with Gasteiger partial charge in [-0.1, -0.05) is 50.5 Å². The second-order valence-electron chi connectivity index (χ2n) is 8.13. The number of benzene rings is 1. The standard InChI is InChI=1S/C20H34NO3PS/c1-5-25(22)24-15-16-11-13-18(14-12-16)19(17-9-7-6-8-10-17)21-26(23)20(2,3)4/h11-14,17,19,21,25H,5-10,15H2,1-4H3/t19-,26-/m0/s1. The lowest BCUT2D eigenvalue weighted by atomic mass is 9.81. The smallest absolute Gasteiger partial charge is 0.191 e. The van der Waals surface area contributed by atoms with Gasteiger partial charge in [0.15, 0.2) is 8.03 Å². The minimum atomic E-state index is -1.90. The molecular formula is C20H34NO3PS. The van der Waals surface area contributed by atoms with Gasteiger partial charge in [-0.05, 0) is 50.7 Å². The highest BCUT2D eigenvalue weighted by atomic mass is 32.2. The zero-order chi connectivity index (χ0) is 19.2. The molecule has 0 aliphatic heterocycles. The van der Waals surface area contributed by atoms with Crippen molar-refractivity contribution >= 4 is 19.4 Å². The summed E-state index contributed by atoms with van der Waals surface area (Å²) in [6.07, 6.45) is 6.75. The van der Waals surface area contributed by atoms with Gasteiger partial charge >= 0.3 is 0 Å². The zero-order valence-electron chi connectivity index (χ0n) is 16.5. The van der Waals surface area contributed by atoms with Crippen LogP contribution >= 0.6 is 8.03 Å². The molecule has 1 fully saturated rings. The molecule has 0 bridgehead atoms. The second kappa shape index (κ2) is 10.3. The predicted octanol–water partition coefficient (Wildman–Crippen LogP) is 5.37. The third-order valence-electron chi connectivity index (χ3n) is 4.94. The fraction of sp³-hybridized carbons (Fsp3) is 0.700. The van der Waals surface area contributed by atoms with Gasteiger partial charge in [0, 0.05) is 17.5 Å². The highest BCUT2D eigenvalue weighted by Crippen LogP contribution is 2.36. The Kier molecular flexibility index (Phi) is 8.69. The molecule has 0 spiro atoms. The van der Waals surface area contributed by atoms with Crippen molar-refractivity contribution in [1.82, 2.24) is 4.72 Å². The van der Waals surface area contributed by atoms with Gasteiger partial charge < -0.3 is 9.08 Å². The molecule has 1 aliphatic rings. The summed E-state index contributed by atoms with van der Waals surface area (Å²) >= 11 is -1.10. The summed E-state index contributed by atoms with van der Waals surface area (Å²) in [5.74, 6) is 0.522. The van der Waals surface area contributed by atoms with Gasteiger partial charge in [-0.25, -0.2) is 0 Å². The third kappa shape index (κ3) is 6.69. The van der Waals surface area contributed by atoms with E-state index in [2.05, 4.69) is 16.9 Å². The highest BCUT2D eigenvalue weighted by molar-refractivity contribution is 7.90. The fourth-order valence-electron chi connectivity index (χ4n) is 3.28. The van der Waals surface area contributed by atoms with E-state index in [1.54, 1.807) is 0 Å². The minimum absolute atomic E-state index is 0.111. The van der Waals surface area contributed by atoms with E-state index >= 15 is 0 Å². The van der Waals surface area contributed by atoms with E-state index in [1.165, 1.54) is 37.7 Å². The summed E-state index contributed by atoms with van der Waals surface area (Å²) in [4.78, 5) is 0. The monoisotopic (exact) mass is 399 g/mol. The van der Waals surface area contributed by atoms with Crippen molar-refractivity contribution in [2.24, 2.45) is 5.92 Å². The first-order valence-corrected chi connectivity index (χ1v) is 12.4. The van der Waals surface area contributed by atoms with Crippen LogP contribution in [0.2, 0.25) is 0 Å². The summed E-state index contributed by atoms with van der Waals surface area (Å²) in [6.45, 7) is 8.28. The van der Waals surface area contributed by atoms with Gasteiger partial charge in [0.05, 0.1) is 12.6 Å².